The third-order valence-corrected chi connectivity index (χ3v) is 4.79. The molecule has 1 N–H and O–H groups in total. The lowest BCUT2D eigenvalue weighted by molar-refractivity contribution is 0.290. The Labute approximate surface area is 144 Å². The van der Waals surface area contributed by atoms with Gasteiger partial charge in [0.25, 0.3) is 0 Å². The SMILES string of the molecule is CCN(CC)CCc1ccc2[nH]c(=O)n(CCN(CC)CC)c2n1. The van der Waals surface area contributed by atoms with Crippen LogP contribution >= 0.6 is 0 Å². The Balaban J connectivity index is 2.17. The normalized spacial score (nSPS) is 11.9. The van der Waals surface area contributed by atoms with Gasteiger partial charge in [0.15, 0.2) is 5.65 Å². The topological polar surface area (TPSA) is 57.2 Å². The number of likely N-dealkylation sites (N-methyl/N-ethyl adjacent to an activating group) is 2. The number of fused-ring (bicyclic) bond motifs is 1. The van der Waals surface area contributed by atoms with Gasteiger partial charge in [0.05, 0.1) is 5.52 Å². The zero-order valence-corrected chi connectivity index (χ0v) is 15.5. The summed E-state index contributed by atoms with van der Waals surface area (Å²) >= 11 is 0. The van der Waals surface area contributed by atoms with Crippen molar-refractivity contribution in [1.82, 2.24) is 24.3 Å². The summed E-state index contributed by atoms with van der Waals surface area (Å²) in [5.74, 6) is 0. The van der Waals surface area contributed by atoms with Crippen LogP contribution in [-0.2, 0) is 13.0 Å². The fourth-order valence-electron chi connectivity index (χ4n) is 3.01. The summed E-state index contributed by atoms with van der Waals surface area (Å²) < 4.78 is 1.77. The molecule has 0 aliphatic heterocycles. The molecule has 0 bridgehead atoms. The summed E-state index contributed by atoms with van der Waals surface area (Å²) in [5.41, 5.74) is 2.59. The lowest BCUT2D eigenvalue weighted by Gasteiger charge is -2.18. The van der Waals surface area contributed by atoms with Gasteiger partial charge < -0.3 is 14.8 Å². The molecule has 2 aromatic heterocycles. The number of nitrogens with one attached hydrogen (secondary N) is 1. The van der Waals surface area contributed by atoms with Crippen molar-refractivity contribution in [1.29, 1.82) is 0 Å². The van der Waals surface area contributed by atoms with Crippen LogP contribution in [0.4, 0.5) is 0 Å². The van der Waals surface area contributed by atoms with Crippen molar-refractivity contribution in [3.8, 4) is 0 Å². The maximum atomic E-state index is 12.2. The third kappa shape index (κ3) is 4.45. The second-order valence-electron chi connectivity index (χ2n) is 6.06. The van der Waals surface area contributed by atoms with E-state index in [9.17, 15) is 4.79 Å². The molecule has 0 spiro atoms. The first-order chi connectivity index (χ1) is 11.6. The average Bonchev–Trinajstić information content (AvgIpc) is 2.91. The van der Waals surface area contributed by atoms with E-state index in [0.29, 0.717) is 6.54 Å². The highest BCUT2D eigenvalue weighted by atomic mass is 16.1. The van der Waals surface area contributed by atoms with E-state index in [1.54, 1.807) is 4.57 Å². The van der Waals surface area contributed by atoms with Crippen LogP contribution in [0.25, 0.3) is 11.2 Å². The first kappa shape index (κ1) is 18.7. The van der Waals surface area contributed by atoms with Gasteiger partial charge >= 0.3 is 5.69 Å². The number of hydrogen-bond acceptors (Lipinski definition) is 4. The van der Waals surface area contributed by atoms with Crippen molar-refractivity contribution in [3.63, 3.8) is 0 Å². The number of H-pyrrole nitrogens is 1. The van der Waals surface area contributed by atoms with E-state index >= 15 is 0 Å². The maximum Gasteiger partial charge on any atom is 0.327 e. The van der Waals surface area contributed by atoms with Crippen molar-refractivity contribution >= 4 is 11.2 Å². The molecule has 2 heterocycles. The first-order valence-corrected chi connectivity index (χ1v) is 9.15. The molecule has 0 aromatic carbocycles. The molecule has 0 saturated carbocycles. The highest BCUT2D eigenvalue weighted by Crippen LogP contribution is 2.10. The lowest BCUT2D eigenvalue weighted by atomic mass is 10.2. The van der Waals surface area contributed by atoms with Crippen LogP contribution in [0.2, 0.25) is 0 Å². The summed E-state index contributed by atoms with van der Waals surface area (Å²) in [4.78, 5) is 24.6. The largest absolute Gasteiger partial charge is 0.327 e. The molecule has 0 unspecified atom stereocenters. The van der Waals surface area contributed by atoms with Gasteiger partial charge in [-0.05, 0) is 38.3 Å². The number of pyridine rings is 1. The van der Waals surface area contributed by atoms with E-state index in [2.05, 4.69) is 42.5 Å². The van der Waals surface area contributed by atoms with Gasteiger partial charge in [-0.15, -0.1) is 0 Å². The predicted molar refractivity (Wildman–Crippen MR) is 99.6 cm³/mol. The molecule has 134 valence electrons. The molecule has 0 radical (unpaired) electrons. The fraction of sp³-hybridized carbons (Fsp3) is 0.667. The van der Waals surface area contributed by atoms with Crippen LogP contribution in [0.1, 0.15) is 33.4 Å². The average molecular weight is 333 g/mol. The minimum atomic E-state index is -0.0643. The maximum absolute atomic E-state index is 12.2. The van der Waals surface area contributed by atoms with Gasteiger partial charge in [0.2, 0.25) is 0 Å². The van der Waals surface area contributed by atoms with Gasteiger partial charge in [-0.2, -0.15) is 0 Å². The molecule has 6 heteroatoms. The molecule has 0 aliphatic rings. The van der Waals surface area contributed by atoms with Gasteiger partial charge in [-0.25, -0.2) is 9.78 Å². The lowest BCUT2D eigenvalue weighted by Crippen LogP contribution is -2.30. The molecular formula is C18H31N5O. The molecule has 2 rings (SSSR count). The van der Waals surface area contributed by atoms with Crippen molar-refractivity contribution in [2.45, 2.75) is 40.7 Å². The van der Waals surface area contributed by atoms with Crippen LogP contribution in [0.5, 0.6) is 0 Å². The highest BCUT2D eigenvalue weighted by molar-refractivity contribution is 5.70. The quantitative estimate of drug-likeness (QED) is 0.722. The number of aromatic amines is 1. The summed E-state index contributed by atoms with van der Waals surface area (Å²) in [6.07, 6.45) is 0.910. The zero-order valence-electron chi connectivity index (χ0n) is 15.5. The van der Waals surface area contributed by atoms with Crippen molar-refractivity contribution < 1.29 is 0 Å². The number of aromatic nitrogens is 3. The Morgan fingerprint density at radius 3 is 2.25 bits per heavy atom. The van der Waals surface area contributed by atoms with E-state index in [4.69, 9.17) is 4.98 Å². The molecule has 24 heavy (non-hydrogen) atoms. The van der Waals surface area contributed by atoms with Gasteiger partial charge in [0, 0.05) is 31.7 Å². The third-order valence-electron chi connectivity index (χ3n) is 4.79. The van der Waals surface area contributed by atoms with E-state index in [0.717, 1.165) is 62.5 Å². The van der Waals surface area contributed by atoms with E-state index in [-0.39, 0.29) is 5.69 Å². The summed E-state index contributed by atoms with van der Waals surface area (Å²) in [6, 6.07) is 4.01. The number of rotatable bonds is 10. The van der Waals surface area contributed by atoms with Gasteiger partial charge in [-0.1, -0.05) is 27.7 Å². The van der Waals surface area contributed by atoms with Crippen LogP contribution in [0.15, 0.2) is 16.9 Å². The smallest absolute Gasteiger partial charge is 0.304 e. The molecule has 0 amide bonds. The van der Waals surface area contributed by atoms with Crippen LogP contribution in [0, 0.1) is 0 Å². The summed E-state index contributed by atoms with van der Waals surface area (Å²) in [7, 11) is 0. The Bertz CT molecular complexity index is 682. The fourth-order valence-corrected chi connectivity index (χ4v) is 3.01. The molecule has 0 fully saturated rings. The minimum Gasteiger partial charge on any atom is -0.304 e. The minimum absolute atomic E-state index is 0.0643. The Morgan fingerprint density at radius 2 is 1.62 bits per heavy atom. The Hall–Kier alpha value is -1.66. The van der Waals surface area contributed by atoms with E-state index in [1.807, 2.05) is 12.1 Å². The van der Waals surface area contributed by atoms with Gasteiger partial charge in [0.1, 0.15) is 0 Å². The van der Waals surface area contributed by atoms with Crippen LogP contribution in [0.3, 0.4) is 0 Å². The van der Waals surface area contributed by atoms with Gasteiger partial charge in [-0.3, -0.25) is 4.57 Å². The first-order valence-electron chi connectivity index (χ1n) is 9.15. The van der Waals surface area contributed by atoms with E-state index < -0.39 is 0 Å². The van der Waals surface area contributed by atoms with Crippen molar-refractivity contribution in [2.75, 3.05) is 39.3 Å². The van der Waals surface area contributed by atoms with Crippen molar-refractivity contribution in [2.24, 2.45) is 0 Å². The molecular weight excluding hydrogens is 302 g/mol. The molecule has 0 saturated heterocycles. The monoisotopic (exact) mass is 333 g/mol. The molecule has 2 aromatic rings. The van der Waals surface area contributed by atoms with E-state index in [1.165, 1.54) is 0 Å². The molecule has 0 atom stereocenters. The molecule has 0 aliphatic carbocycles. The van der Waals surface area contributed by atoms with Crippen molar-refractivity contribution in [3.05, 3.63) is 28.3 Å². The number of imidazole rings is 1. The number of nitrogens with zero attached hydrogens (tertiary/aromatic N) is 4. The standard InChI is InChI=1S/C18H31N5O/c1-5-21(6-2)12-11-15-9-10-16-17(19-15)23(18(24)20-16)14-13-22(7-3)8-4/h9-10H,5-8,11-14H2,1-4H3,(H,20,24). The van der Waals surface area contributed by atoms with Crippen LogP contribution in [-0.4, -0.2) is 63.6 Å². The zero-order chi connectivity index (χ0) is 17.5. The van der Waals surface area contributed by atoms with Crippen LogP contribution < -0.4 is 5.69 Å². The second-order valence-corrected chi connectivity index (χ2v) is 6.06. The summed E-state index contributed by atoms with van der Waals surface area (Å²) in [6.45, 7) is 15.3. The number of hydrogen-bond donors (Lipinski definition) is 1. The Morgan fingerprint density at radius 1 is 1.00 bits per heavy atom. The summed E-state index contributed by atoms with van der Waals surface area (Å²) in [5, 5.41) is 0. The molecule has 6 nitrogen and oxygen atoms in total. The Kier molecular flexibility index (Phi) is 6.99. The highest BCUT2D eigenvalue weighted by Gasteiger charge is 2.11. The predicted octanol–water partition coefficient (Wildman–Crippen LogP) is 1.95. The second kappa shape index (κ2) is 8.99.